The molecule has 2 aromatic rings. The molecule has 1 aliphatic rings. The van der Waals surface area contributed by atoms with Gasteiger partial charge in [-0.3, -0.25) is 9.20 Å². The van der Waals surface area contributed by atoms with Gasteiger partial charge in [0.05, 0.1) is 12.5 Å². The van der Waals surface area contributed by atoms with E-state index in [1.807, 2.05) is 17.5 Å². The summed E-state index contributed by atoms with van der Waals surface area (Å²) in [6.45, 7) is 4.18. The van der Waals surface area contributed by atoms with Crippen molar-refractivity contribution in [1.82, 2.24) is 14.4 Å². The number of halogens is 1. The summed E-state index contributed by atoms with van der Waals surface area (Å²) in [7, 11) is 1.45. The molecular formula is C16H21BrN4O2. The van der Waals surface area contributed by atoms with Crippen LogP contribution in [-0.4, -0.2) is 27.4 Å². The molecule has 1 saturated carbocycles. The third kappa shape index (κ3) is 2.51. The highest BCUT2D eigenvalue weighted by atomic mass is 79.9. The number of imidazole rings is 1. The molecule has 1 fully saturated rings. The lowest BCUT2D eigenvalue weighted by Gasteiger charge is -2.40. The second-order valence-electron chi connectivity index (χ2n) is 6.87. The third-order valence-corrected chi connectivity index (χ3v) is 5.77. The molecule has 0 aromatic carbocycles. The van der Waals surface area contributed by atoms with Crippen molar-refractivity contribution < 1.29 is 9.53 Å². The highest BCUT2D eigenvalue weighted by Gasteiger charge is 2.45. The minimum atomic E-state index is -0.404. The molecule has 0 aliphatic heterocycles. The van der Waals surface area contributed by atoms with Crippen molar-refractivity contribution >= 4 is 33.2 Å². The topological polar surface area (TPSA) is 82.5 Å². The lowest BCUT2D eigenvalue weighted by molar-refractivity contribution is -0.154. The Balaban J connectivity index is 1.98. The minimum absolute atomic E-state index is 0.115. The number of hydrogen-bond acceptors (Lipinski definition) is 5. The van der Waals surface area contributed by atoms with Crippen molar-refractivity contribution in [3.63, 3.8) is 0 Å². The largest absolute Gasteiger partial charge is 0.469 e. The van der Waals surface area contributed by atoms with Gasteiger partial charge in [-0.05, 0) is 48.5 Å². The highest BCUT2D eigenvalue weighted by molar-refractivity contribution is 9.10. The van der Waals surface area contributed by atoms with Gasteiger partial charge in [0.25, 0.3) is 0 Å². The van der Waals surface area contributed by atoms with Crippen molar-refractivity contribution in [3.05, 3.63) is 22.8 Å². The van der Waals surface area contributed by atoms with Crippen LogP contribution in [0, 0.1) is 5.41 Å². The summed E-state index contributed by atoms with van der Waals surface area (Å²) in [4.78, 5) is 20.9. The van der Waals surface area contributed by atoms with Crippen molar-refractivity contribution in [2.75, 3.05) is 12.8 Å². The maximum absolute atomic E-state index is 12.0. The molecule has 23 heavy (non-hydrogen) atoms. The summed E-state index contributed by atoms with van der Waals surface area (Å²) in [6, 6.07) is 0. The van der Waals surface area contributed by atoms with E-state index in [9.17, 15) is 4.79 Å². The lowest BCUT2D eigenvalue weighted by Crippen LogP contribution is -2.39. The Morgan fingerprint density at radius 3 is 2.61 bits per heavy atom. The Morgan fingerprint density at radius 2 is 2.00 bits per heavy atom. The Morgan fingerprint density at radius 1 is 1.35 bits per heavy atom. The van der Waals surface area contributed by atoms with E-state index in [2.05, 4.69) is 27.8 Å². The number of nitrogens with zero attached hydrogens (tertiary/aromatic N) is 3. The Bertz CT molecular complexity index is 763. The molecule has 0 amide bonds. The predicted molar refractivity (Wildman–Crippen MR) is 91.0 cm³/mol. The first-order chi connectivity index (χ1) is 10.8. The normalized spacial score (nSPS) is 28.0. The number of aromatic nitrogens is 3. The molecule has 1 aliphatic carbocycles. The van der Waals surface area contributed by atoms with Gasteiger partial charge in [-0.2, -0.15) is 0 Å². The fourth-order valence-electron chi connectivity index (χ4n) is 3.47. The van der Waals surface area contributed by atoms with Crippen LogP contribution in [0.4, 0.5) is 5.82 Å². The molecule has 2 aromatic heterocycles. The quantitative estimate of drug-likeness (QED) is 0.809. The summed E-state index contributed by atoms with van der Waals surface area (Å²) in [5.41, 5.74) is 6.26. The van der Waals surface area contributed by atoms with E-state index in [4.69, 9.17) is 15.5 Å². The molecule has 6 nitrogen and oxygen atoms in total. The van der Waals surface area contributed by atoms with Crippen LogP contribution in [0.25, 0.3) is 5.52 Å². The van der Waals surface area contributed by atoms with Crippen LogP contribution < -0.4 is 5.73 Å². The van der Waals surface area contributed by atoms with Gasteiger partial charge >= 0.3 is 5.97 Å². The van der Waals surface area contributed by atoms with Crippen LogP contribution in [0.15, 0.2) is 17.0 Å². The van der Waals surface area contributed by atoms with E-state index in [1.165, 1.54) is 7.11 Å². The standard InChI is InChI=1S/C16H21BrN4O2/c1-15(4-6-16(2,7-5-15)14(22)23-3)13-20-11(17)10-12(18)19-8-9-21(10)13/h8-9H,4-7H2,1-3H3,(H2,18,19). The number of nitrogen functional groups attached to an aromatic ring is 1. The number of esters is 1. The molecule has 3 rings (SSSR count). The third-order valence-electron chi connectivity index (χ3n) is 5.22. The van der Waals surface area contributed by atoms with E-state index >= 15 is 0 Å². The van der Waals surface area contributed by atoms with Gasteiger partial charge in [-0.15, -0.1) is 0 Å². The van der Waals surface area contributed by atoms with E-state index in [0.29, 0.717) is 10.4 Å². The summed E-state index contributed by atoms with van der Waals surface area (Å²) in [6.07, 6.45) is 6.87. The number of ether oxygens (including phenoxy) is 1. The van der Waals surface area contributed by atoms with Gasteiger partial charge in [0, 0.05) is 17.8 Å². The van der Waals surface area contributed by atoms with Crippen LogP contribution >= 0.6 is 15.9 Å². The zero-order chi connectivity index (χ0) is 16.8. The first-order valence-corrected chi connectivity index (χ1v) is 8.47. The molecule has 2 heterocycles. The van der Waals surface area contributed by atoms with Crippen LogP contribution in [0.3, 0.4) is 0 Å². The van der Waals surface area contributed by atoms with Crippen LogP contribution in [0.5, 0.6) is 0 Å². The van der Waals surface area contributed by atoms with Gasteiger partial charge < -0.3 is 10.5 Å². The number of anilines is 1. The molecule has 0 bridgehead atoms. The van der Waals surface area contributed by atoms with Gasteiger partial charge in [0.15, 0.2) is 5.82 Å². The first-order valence-electron chi connectivity index (χ1n) is 7.68. The van der Waals surface area contributed by atoms with Crippen molar-refractivity contribution in [2.45, 2.75) is 44.9 Å². The Kier molecular flexibility index (Phi) is 3.86. The second-order valence-corrected chi connectivity index (χ2v) is 7.62. The highest BCUT2D eigenvalue weighted by Crippen LogP contribution is 2.47. The average Bonchev–Trinajstić information content (AvgIpc) is 2.89. The fourth-order valence-corrected chi connectivity index (χ4v) is 4.04. The lowest BCUT2D eigenvalue weighted by atomic mass is 9.65. The number of rotatable bonds is 2. The molecular weight excluding hydrogens is 360 g/mol. The maximum Gasteiger partial charge on any atom is 0.311 e. The Labute approximate surface area is 143 Å². The summed E-state index contributed by atoms with van der Waals surface area (Å²) < 4.78 is 7.68. The minimum Gasteiger partial charge on any atom is -0.469 e. The summed E-state index contributed by atoms with van der Waals surface area (Å²) in [5.74, 6) is 1.29. The monoisotopic (exact) mass is 380 g/mol. The van der Waals surface area contributed by atoms with Crippen molar-refractivity contribution in [3.8, 4) is 0 Å². The summed E-state index contributed by atoms with van der Waals surface area (Å²) >= 11 is 3.49. The van der Waals surface area contributed by atoms with E-state index < -0.39 is 5.41 Å². The van der Waals surface area contributed by atoms with Crippen molar-refractivity contribution in [1.29, 1.82) is 0 Å². The number of methoxy groups -OCH3 is 1. The smallest absolute Gasteiger partial charge is 0.311 e. The van der Waals surface area contributed by atoms with Crippen LogP contribution in [0.2, 0.25) is 0 Å². The second kappa shape index (κ2) is 5.47. The molecule has 0 atom stereocenters. The molecule has 2 N–H and O–H groups in total. The van der Waals surface area contributed by atoms with E-state index in [0.717, 1.165) is 37.0 Å². The fraction of sp³-hybridized carbons (Fsp3) is 0.562. The van der Waals surface area contributed by atoms with E-state index in [1.54, 1.807) is 6.20 Å². The number of hydrogen-bond donors (Lipinski definition) is 1. The Hall–Kier alpha value is -1.63. The molecule has 0 unspecified atom stereocenters. The average molecular weight is 381 g/mol. The summed E-state index contributed by atoms with van der Waals surface area (Å²) in [5, 5.41) is 0. The van der Waals surface area contributed by atoms with E-state index in [-0.39, 0.29) is 11.4 Å². The molecule has 124 valence electrons. The van der Waals surface area contributed by atoms with Gasteiger partial charge in [-0.1, -0.05) is 6.92 Å². The van der Waals surface area contributed by atoms with Crippen LogP contribution in [-0.2, 0) is 14.9 Å². The molecule has 7 heteroatoms. The number of fused-ring (bicyclic) bond motifs is 1. The maximum atomic E-state index is 12.0. The number of nitrogens with two attached hydrogens (primary N) is 1. The zero-order valence-electron chi connectivity index (χ0n) is 13.6. The predicted octanol–water partition coefficient (Wildman–Crippen LogP) is 3.09. The first kappa shape index (κ1) is 16.2. The van der Waals surface area contributed by atoms with Crippen LogP contribution in [0.1, 0.15) is 45.4 Å². The van der Waals surface area contributed by atoms with Gasteiger partial charge in [0.2, 0.25) is 0 Å². The van der Waals surface area contributed by atoms with Gasteiger partial charge in [0.1, 0.15) is 15.9 Å². The van der Waals surface area contributed by atoms with Gasteiger partial charge in [-0.25, -0.2) is 9.97 Å². The molecule has 0 saturated heterocycles. The molecule has 0 radical (unpaired) electrons. The SMILES string of the molecule is COC(=O)C1(C)CCC(C)(c2nc(Br)c3c(N)nccn23)CC1. The zero-order valence-corrected chi connectivity index (χ0v) is 15.2. The van der Waals surface area contributed by atoms with Crippen molar-refractivity contribution in [2.24, 2.45) is 5.41 Å². The number of carbonyl (C=O) groups excluding carboxylic acids is 1. The molecule has 0 spiro atoms. The number of carbonyl (C=O) groups is 1.